The molecule has 2 aliphatic rings. The Bertz CT molecular complexity index is 803. The van der Waals surface area contributed by atoms with Gasteiger partial charge in [-0.3, -0.25) is 9.69 Å². The lowest BCUT2D eigenvalue weighted by Crippen LogP contribution is -2.48. The van der Waals surface area contributed by atoms with Gasteiger partial charge in [0.05, 0.1) is 12.2 Å². The number of piperidine rings is 1. The molecule has 1 aromatic heterocycles. The molecule has 0 N–H and O–H groups in total. The van der Waals surface area contributed by atoms with Crippen molar-refractivity contribution >= 4 is 5.91 Å². The summed E-state index contributed by atoms with van der Waals surface area (Å²) in [5.41, 5.74) is 0.984. The van der Waals surface area contributed by atoms with Gasteiger partial charge in [-0.05, 0) is 67.3 Å². The van der Waals surface area contributed by atoms with Gasteiger partial charge in [0.2, 0.25) is 5.91 Å². The Morgan fingerprint density at radius 3 is 2.63 bits per heavy atom. The summed E-state index contributed by atoms with van der Waals surface area (Å²) >= 11 is 0. The van der Waals surface area contributed by atoms with Crippen LogP contribution in [0.4, 0.5) is 0 Å². The molecule has 0 spiro atoms. The molecule has 0 radical (unpaired) electrons. The molecule has 0 unspecified atom stereocenters. The lowest BCUT2D eigenvalue weighted by Gasteiger charge is -2.40. The van der Waals surface area contributed by atoms with Crippen molar-refractivity contribution in [3.8, 4) is 5.69 Å². The van der Waals surface area contributed by atoms with Gasteiger partial charge in [0.15, 0.2) is 5.82 Å². The van der Waals surface area contributed by atoms with Crippen molar-refractivity contribution in [1.82, 2.24) is 30.0 Å². The fourth-order valence-corrected chi connectivity index (χ4v) is 4.91. The minimum absolute atomic E-state index is 0.147. The van der Waals surface area contributed by atoms with E-state index in [9.17, 15) is 4.79 Å². The molecule has 162 valence electrons. The molecule has 2 saturated heterocycles. The van der Waals surface area contributed by atoms with Crippen LogP contribution in [0, 0.1) is 5.92 Å². The Labute approximate surface area is 178 Å². The summed E-state index contributed by atoms with van der Waals surface area (Å²) in [4.78, 5) is 17.2. The first-order chi connectivity index (χ1) is 14.8. The number of carbonyl (C=O) groups excluding carboxylic acids is 1. The Kier molecular flexibility index (Phi) is 7.07. The average Bonchev–Trinajstić information content (AvgIpc) is 3.09. The van der Waals surface area contributed by atoms with E-state index in [0.717, 1.165) is 63.4 Å². The van der Waals surface area contributed by atoms with Gasteiger partial charge >= 0.3 is 0 Å². The van der Waals surface area contributed by atoms with E-state index in [-0.39, 0.29) is 12.5 Å². The van der Waals surface area contributed by atoms with Crippen LogP contribution in [0.1, 0.15) is 44.3 Å². The molecule has 2 aliphatic heterocycles. The maximum atomic E-state index is 12.6. The highest BCUT2D eigenvalue weighted by Crippen LogP contribution is 2.30. The van der Waals surface area contributed by atoms with Gasteiger partial charge in [0.1, 0.15) is 6.61 Å². The molecule has 2 aromatic rings. The minimum Gasteiger partial charge on any atom is -0.375 e. The lowest BCUT2D eigenvalue weighted by molar-refractivity contribution is -0.139. The van der Waals surface area contributed by atoms with Crippen molar-refractivity contribution in [2.45, 2.75) is 51.1 Å². The van der Waals surface area contributed by atoms with Crippen molar-refractivity contribution in [3.63, 3.8) is 0 Å². The maximum absolute atomic E-state index is 12.6. The molecule has 30 heavy (non-hydrogen) atoms. The lowest BCUT2D eigenvalue weighted by atomic mass is 9.86. The number of carbonyl (C=O) groups is 1. The van der Waals surface area contributed by atoms with E-state index < -0.39 is 0 Å². The first-order valence-electron chi connectivity index (χ1n) is 11.1. The van der Waals surface area contributed by atoms with E-state index in [2.05, 4.69) is 25.3 Å². The highest BCUT2D eigenvalue weighted by Gasteiger charge is 2.34. The number of amides is 1. The Morgan fingerprint density at radius 2 is 1.87 bits per heavy atom. The van der Waals surface area contributed by atoms with E-state index in [1.165, 1.54) is 12.8 Å². The molecular weight excluding hydrogens is 380 g/mol. The predicted octanol–water partition coefficient (Wildman–Crippen LogP) is 2.29. The van der Waals surface area contributed by atoms with Crippen LogP contribution in [0.15, 0.2) is 30.3 Å². The molecule has 3 heterocycles. The third-order valence-electron chi connectivity index (χ3n) is 6.46. The summed E-state index contributed by atoms with van der Waals surface area (Å²) in [6.07, 6.45) is 6.86. The largest absolute Gasteiger partial charge is 0.375 e. The molecule has 4 rings (SSSR count). The van der Waals surface area contributed by atoms with Gasteiger partial charge in [0, 0.05) is 19.7 Å². The van der Waals surface area contributed by atoms with E-state index in [1.54, 1.807) is 7.11 Å². The third-order valence-corrected chi connectivity index (χ3v) is 6.46. The molecule has 0 saturated carbocycles. The van der Waals surface area contributed by atoms with Crippen LogP contribution in [0.2, 0.25) is 0 Å². The molecule has 0 aliphatic carbocycles. The number of hydrogen-bond acceptors (Lipinski definition) is 6. The highest BCUT2D eigenvalue weighted by atomic mass is 16.5. The zero-order valence-corrected chi connectivity index (χ0v) is 17.8. The Hall–Kier alpha value is -2.32. The first-order valence-corrected chi connectivity index (χ1v) is 11.1. The zero-order valence-electron chi connectivity index (χ0n) is 17.8. The summed E-state index contributed by atoms with van der Waals surface area (Å²) in [5, 5.41) is 12.3. The van der Waals surface area contributed by atoms with Crippen LogP contribution in [-0.4, -0.2) is 75.3 Å². The van der Waals surface area contributed by atoms with Crippen molar-refractivity contribution < 1.29 is 9.53 Å². The number of aromatic nitrogens is 4. The molecule has 0 bridgehead atoms. The monoisotopic (exact) mass is 412 g/mol. The quantitative estimate of drug-likeness (QED) is 0.725. The van der Waals surface area contributed by atoms with E-state index >= 15 is 0 Å². The molecule has 8 heteroatoms. The second kappa shape index (κ2) is 10.1. The smallest absolute Gasteiger partial charge is 0.248 e. The molecule has 2 fully saturated rings. The van der Waals surface area contributed by atoms with Gasteiger partial charge in [-0.1, -0.05) is 31.0 Å². The van der Waals surface area contributed by atoms with Crippen molar-refractivity contribution in [3.05, 3.63) is 36.2 Å². The standard InChI is InChI=1S/C22H32N6O2/c1-30-17-22(29)27-13-7-3-6-10-20(27)18-11-14-26(15-12-18)16-21-23-24-25-28(21)19-8-4-2-5-9-19/h2,4-5,8-9,18,20H,3,6-7,10-17H2,1H3/t20-/m1/s1. The molecular formula is C22H32N6O2. The minimum atomic E-state index is 0.147. The SMILES string of the molecule is COCC(=O)N1CCCCC[C@@H]1C1CCN(Cc2nnnn2-c2ccccc2)CC1. The number of likely N-dealkylation sites (tertiary alicyclic amines) is 2. The molecule has 1 amide bonds. The predicted molar refractivity (Wildman–Crippen MR) is 113 cm³/mol. The van der Waals surface area contributed by atoms with Gasteiger partial charge in [-0.2, -0.15) is 4.68 Å². The van der Waals surface area contributed by atoms with E-state index in [1.807, 2.05) is 35.0 Å². The second-order valence-corrected chi connectivity index (χ2v) is 8.39. The van der Waals surface area contributed by atoms with Gasteiger partial charge < -0.3 is 9.64 Å². The number of ether oxygens (including phenoxy) is 1. The average molecular weight is 413 g/mol. The van der Waals surface area contributed by atoms with Gasteiger partial charge in [-0.15, -0.1) is 5.10 Å². The second-order valence-electron chi connectivity index (χ2n) is 8.39. The highest BCUT2D eigenvalue weighted by molar-refractivity contribution is 5.77. The van der Waals surface area contributed by atoms with Crippen LogP contribution >= 0.6 is 0 Å². The fraction of sp³-hybridized carbons (Fsp3) is 0.636. The Morgan fingerprint density at radius 1 is 1.07 bits per heavy atom. The maximum Gasteiger partial charge on any atom is 0.248 e. The van der Waals surface area contributed by atoms with E-state index in [0.29, 0.717) is 12.0 Å². The van der Waals surface area contributed by atoms with E-state index in [4.69, 9.17) is 4.74 Å². The normalized spacial score (nSPS) is 21.5. The molecule has 1 aromatic carbocycles. The van der Waals surface area contributed by atoms with Crippen molar-refractivity contribution in [1.29, 1.82) is 0 Å². The van der Waals surface area contributed by atoms with Gasteiger partial charge in [0.25, 0.3) is 0 Å². The zero-order chi connectivity index (χ0) is 20.8. The summed E-state index contributed by atoms with van der Waals surface area (Å²) in [6, 6.07) is 10.4. The number of rotatable bonds is 6. The van der Waals surface area contributed by atoms with Crippen LogP contribution in [0.5, 0.6) is 0 Å². The molecule has 8 nitrogen and oxygen atoms in total. The summed E-state index contributed by atoms with van der Waals surface area (Å²) in [7, 11) is 1.60. The summed E-state index contributed by atoms with van der Waals surface area (Å²) < 4.78 is 6.96. The van der Waals surface area contributed by atoms with Crippen LogP contribution in [-0.2, 0) is 16.1 Å². The first kappa shape index (κ1) is 20.9. The fourth-order valence-electron chi connectivity index (χ4n) is 4.91. The molecule has 1 atom stereocenters. The van der Waals surface area contributed by atoms with Crippen LogP contribution in [0.3, 0.4) is 0 Å². The van der Waals surface area contributed by atoms with Crippen LogP contribution < -0.4 is 0 Å². The van der Waals surface area contributed by atoms with Crippen molar-refractivity contribution in [2.75, 3.05) is 33.4 Å². The number of nitrogens with zero attached hydrogens (tertiary/aromatic N) is 6. The van der Waals surface area contributed by atoms with Gasteiger partial charge in [-0.25, -0.2) is 0 Å². The number of tetrazole rings is 1. The third kappa shape index (κ3) is 4.87. The van der Waals surface area contributed by atoms with Crippen molar-refractivity contribution in [2.24, 2.45) is 5.92 Å². The number of para-hydroxylation sites is 1. The topological polar surface area (TPSA) is 76.4 Å². The summed E-state index contributed by atoms with van der Waals surface area (Å²) in [5.74, 6) is 1.57. The Balaban J connectivity index is 1.37. The number of hydrogen-bond donors (Lipinski definition) is 0. The summed E-state index contributed by atoms with van der Waals surface area (Å²) in [6.45, 7) is 3.83. The number of benzene rings is 1. The number of methoxy groups -OCH3 is 1. The van der Waals surface area contributed by atoms with Crippen LogP contribution in [0.25, 0.3) is 5.69 Å².